The number of ether oxygens (including phenoxy) is 2. The molecule has 0 aliphatic heterocycles. The van der Waals surface area contributed by atoms with Gasteiger partial charge in [-0.05, 0) is 49.2 Å². The summed E-state index contributed by atoms with van der Waals surface area (Å²) in [6.45, 7) is 1.30. The van der Waals surface area contributed by atoms with Crippen LogP contribution in [0.1, 0.15) is 12.8 Å². The Balaban J connectivity index is 1.60. The monoisotopic (exact) mass is 310 g/mol. The van der Waals surface area contributed by atoms with Crippen LogP contribution < -0.4 is 9.47 Å². The molecular formula is C16H16Cl2O2. The number of hydrogen-bond donors (Lipinski definition) is 0. The molecule has 2 aromatic carbocycles. The highest BCUT2D eigenvalue weighted by Gasteiger charge is 1.97. The highest BCUT2D eigenvalue weighted by atomic mass is 35.5. The van der Waals surface area contributed by atoms with E-state index in [1.807, 2.05) is 48.5 Å². The molecule has 2 aromatic rings. The molecule has 0 atom stereocenters. The molecule has 0 aliphatic rings. The Kier molecular flexibility index (Phi) is 6.03. The van der Waals surface area contributed by atoms with Crippen molar-refractivity contribution in [2.75, 3.05) is 13.2 Å². The van der Waals surface area contributed by atoms with Crippen molar-refractivity contribution in [3.05, 3.63) is 58.6 Å². The number of halogens is 2. The fourth-order valence-electron chi connectivity index (χ4n) is 1.70. The van der Waals surface area contributed by atoms with Crippen LogP contribution in [0.3, 0.4) is 0 Å². The Hall–Kier alpha value is -1.38. The predicted molar refractivity (Wildman–Crippen MR) is 83.1 cm³/mol. The molecule has 106 valence electrons. The fourth-order valence-corrected chi connectivity index (χ4v) is 2.06. The molecule has 0 saturated carbocycles. The second-order valence-electron chi connectivity index (χ2n) is 4.32. The minimum Gasteiger partial charge on any atom is -0.494 e. The summed E-state index contributed by atoms with van der Waals surface area (Å²) in [6, 6.07) is 14.8. The van der Waals surface area contributed by atoms with Gasteiger partial charge in [-0.25, -0.2) is 0 Å². The summed E-state index contributed by atoms with van der Waals surface area (Å²) in [5.74, 6) is 1.60. The molecule has 0 aromatic heterocycles. The summed E-state index contributed by atoms with van der Waals surface area (Å²) in [5.41, 5.74) is 0. The zero-order valence-electron chi connectivity index (χ0n) is 11.0. The summed E-state index contributed by atoms with van der Waals surface area (Å²) < 4.78 is 11.2. The molecular weight excluding hydrogens is 295 g/mol. The lowest BCUT2D eigenvalue weighted by molar-refractivity contribution is 0.266. The van der Waals surface area contributed by atoms with E-state index in [0.717, 1.165) is 24.3 Å². The van der Waals surface area contributed by atoms with E-state index in [1.54, 1.807) is 0 Å². The van der Waals surface area contributed by atoms with E-state index >= 15 is 0 Å². The summed E-state index contributed by atoms with van der Waals surface area (Å²) in [6.07, 6.45) is 1.85. The molecule has 0 heterocycles. The van der Waals surface area contributed by atoms with Crippen LogP contribution >= 0.6 is 23.2 Å². The molecule has 20 heavy (non-hydrogen) atoms. The lowest BCUT2D eigenvalue weighted by atomic mass is 10.3. The fraction of sp³-hybridized carbons (Fsp3) is 0.250. The zero-order valence-corrected chi connectivity index (χ0v) is 12.5. The summed E-state index contributed by atoms with van der Waals surface area (Å²) >= 11 is 11.8. The van der Waals surface area contributed by atoms with E-state index in [2.05, 4.69) is 0 Å². The second kappa shape index (κ2) is 8.03. The average molecular weight is 311 g/mol. The SMILES string of the molecule is Clc1cccc(OCCCCOc2cccc(Cl)c2)c1. The molecule has 0 fully saturated rings. The van der Waals surface area contributed by atoms with Crippen LogP contribution in [0.4, 0.5) is 0 Å². The van der Waals surface area contributed by atoms with Crippen molar-refractivity contribution in [1.29, 1.82) is 0 Å². The molecule has 0 radical (unpaired) electrons. The molecule has 0 spiro atoms. The first-order chi connectivity index (χ1) is 9.74. The third-order valence-corrected chi connectivity index (χ3v) is 3.14. The van der Waals surface area contributed by atoms with Crippen molar-refractivity contribution in [1.82, 2.24) is 0 Å². The molecule has 4 heteroatoms. The maximum Gasteiger partial charge on any atom is 0.120 e. The number of rotatable bonds is 7. The van der Waals surface area contributed by atoms with Gasteiger partial charge in [0.15, 0.2) is 0 Å². The summed E-state index contributed by atoms with van der Waals surface area (Å²) in [7, 11) is 0. The lowest BCUT2D eigenvalue weighted by Crippen LogP contribution is -2.02. The van der Waals surface area contributed by atoms with Crippen LogP contribution in [0.25, 0.3) is 0 Å². The molecule has 0 N–H and O–H groups in total. The zero-order chi connectivity index (χ0) is 14.2. The van der Waals surface area contributed by atoms with Crippen LogP contribution in [0.15, 0.2) is 48.5 Å². The van der Waals surface area contributed by atoms with Crippen molar-refractivity contribution in [2.24, 2.45) is 0 Å². The third kappa shape index (κ3) is 5.32. The highest BCUT2D eigenvalue weighted by Crippen LogP contribution is 2.18. The first-order valence-electron chi connectivity index (χ1n) is 6.51. The van der Waals surface area contributed by atoms with Gasteiger partial charge in [-0.3, -0.25) is 0 Å². The van der Waals surface area contributed by atoms with Crippen molar-refractivity contribution in [3.8, 4) is 11.5 Å². The Morgan fingerprint density at radius 2 is 1.15 bits per heavy atom. The van der Waals surface area contributed by atoms with Gasteiger partial charge in [0, 0.05) is 10.0 Å². The Morgan fingerprint density at radius 1 is 0.700 bits per heavy atom. The lowest BCUT2D eigenvalue weighted by Gasteiger charge is -2.08. The first kappa shape index (κ1) is 15.0. The van der Waals surface area contributed by atoms with Crippen molar-refractivity contribution in [2.45, 2.75) is 12.8 Å². The van der Waals surface area contributed by atoms with Gasteiger partial charge in [0.1, 0.15) is 11.5 Å². The van der Waals surface area contributed by atoms with Gasteiger partial charge in [0.05, 0.1) is 13.2 Å². The predicted octanol–water partition coefficient (Wildman–Crippen LogP) is 5.23. The van der Waals surface area contributed by atoms with E-state index < -0.39 is 0 Å². The maximum absolute atomic E-state index is 5.88. The Morgan fingerprint density at radius 3 is 1.55 bits per heavy atom. The van der Waals surface area contributed by atoms with Gasteiger partial charge >= 0.3 is 0 Å². The van der Waals surface area contributed by atoms with E-state index in [1.165, 1.54) is 0 Å². The average Bonchev–Trinajstić information content (AvgIpc) is 2.43. The molecule has 0 aliphatic carbocycles. The van der Waals surface area contributed by atoms with Crippen LogP contribution in [0.2, 0.25) is 10.0 Å². The van der Waals surface area contributed by atoms with E-state index in [0.29, 0.717) is 23.3 Å². The highest BCUT2D eigenvalue weighted by molar-refractivity contribution is 6.31. The van der Waals surface area contributed by atoms with Gasteiger partial charge in [-0.2, -0.15) is 0 Å². The van der Waals surface area contributed by atoms with Crippen molar-refractivity contribution in [3.63, 3.8) is 0 Å². The molecule has 0 amide bonds. The van der Waals surface area contributed by atoms with Crippen molar-refractivity contribution >= 4 is 23.2 Å². The maximum atomic E-state index is 5.88. The van der Waals surface area contributed by atoms with Crippen LogP contribution in [0.5, 0.6) is 11.5 Å². The van der Waals surface area contributed by atoms with Crippen molar-refractivity contribution < 1.29 is 9.47 Å². The molecule has 0 bridgehead atoms. The normalized spacial score (nSPS) is 10.3. The minimum atomic E-state index is 0.652. The molecule has 2 nitrogen and oxygen atoms in total. The van der Waals surface area contributed by atoms with Gasteiger partial charge in [0.2, 0.25) is 0 Å². The topological polar surface area (TPSA) is 18.5 Å². The van der Waals surface area contributed by atoms with Crippen LogP contribution in [-0.2, 0) is 0 Å². The quantitative estimate of drug-likeness (QED) is 0.652. The Bertz CT molecular complexity index is 494. The molecule has 0 unspecified atom stereocenters. The number of unbranched alkanes of at least 4 members (excludes halogenated alkanes) is 1. The van der Waals surface area contributed by atoms with Crippen LogP contribution in [0, 0.1) is 0 Å². The standard InChI is InChI=1S/C16H16Cl2O2/c17-13-5-3-7-15(11-13)19-9-1-2-10-20-16-8-4-6-14(18)12-16/h3-8,11-12H,1-2,9-10H2. The first-order valence-corrected chi connectivity index (χ1v) is 7.26. The minimum absolute atomic E-state index is 0.652. The van der Waals surface area contributed by atoms with E-state index in [9.17, 15) is 0 Å². The van der Waals surface area contributed by atoms with Gasteiger partial charge in [-0.1, -0.05) is 35.3 Å². The van der Waals surface area contributed by atoms with Crippen LogP contribution in [-0.4, -0.2) is 13.2 Å². The van der Waals surface area contributed by atoms with E-state index in [-0.39, 0.29) is 0 Å². The third-order valence-electron chi connectivity index (χ3n) is 2.67. The largest absolute Gasteiger partial charge is 0.494 e. The summed E-state index contributed by atoms with van der Waals surface area (Å²) in [5, 5.41) is 1.37. The Labute approximate surface area is 129 Å². The number of benzene rings is 2. The molecule has 0 saturated heterocycles. The van der Waals surface area contributed by atoms with E-state index in [4.69, 9.17) is 32.7 Å². The van der Waals surface area contributed by atoms with Gasteiger partial charge < -0.3 is 9.47 Å². The second-order valence-corrected chi connectivity index (χ2v) is 5.19. The van der Waals surface area contributed by atoms with Gasteiger partial charge in [0.25, 0.3) is 0 Å². The molecule has 2 rings (SSSR count). The number of hydrogen-bond acceptors (Lipinski definition) is 2. The smallest absolute Gasteiger partial charge is 0.120 e. The van der Waals surface area contributed by atoms with Gasteiger partial charge in [-0.15, -0.1) is 0 Å². The summed E-state index contributed by atoms with van der Waals surface area (Å²) in [4.78, 5) is 0.